The van der Waals surface area contributed by atoms with E-state index in [9.17, 15) is 14.7 Å². The second-order valence-electron chi connectivity index (χ2n) is 11.3. The van der Waals surface area contributed by atoms with Gasteiger partial charge in [-0.2, -0.15) is 0 Å². The number of ether oxygens (including phenoxy) is 1. The molecular weight excluding hydrogens is 460 g/mol. The first-order chi connectivity index (χ1) is 16.7. The summed E-state index contributed by atoms with van der Waals surface area (Å²) in [5.74, 6) is 1.41. The van der Waals surface area contributed by atoms with Crippen LogP contribution < -0.4 is 0 Å². The number of hydrogen-bond donors (Lipinski definition) is 1. The molecule has 5 aliphatic rings. The Hall–Kier alpha value is -2.25. The molecule has 1 N–H and O–H groups in total. The minimum Gasteiger partial charge on any atom is -0.475 e. The minimum absolute atomic E-state index is 0.0175. The Kier molecular flexibility index (Phi) is 5.21. The Labute approximate surface area is 210 Å². The van der Waals surface area contributed by atoms with Crippen molar-refractivity contribution in [3.63, 3.8) is 0 Å². The molecule has 0 amide bonds. The number of hydrogen-bond acceptors (Lipinski definition) is 7. The number of aliphatic hydroxyl groups excluding tert-OH is 1. The number of carbonyl (C=O) groups excluding carboxylic acids is 2. The molecule has 6 rings (SSSR count). The topological polar surface area (TPSA) is 88.9 Å². The molecule has 184 valence electrons. The standard InChI is InChI=1S/C28H32N2O4S/c1-16-30-28(22(33)15-35-24-6-4-5-11-29-24)23(34-16)13-20-19-8-7-17-12-18(31)9-10-26(17,2)25(19)21(32)14-27(20,28)3/h4-6,9-12,19-21,23,25,32H,7-8,13-15H2,1-3H3/t19?,20?,21-,23+,25?,26?,27?,28+/m0/s1. The van der Waals surface area contributed by atoms with E-state index in [1.54, 1.807) is 18.3 Å². The lowest BCUT2D eigenvalue weighted by Crippen LogP contribution is -2.62. The Balaban J connectivity index is 1.36. The van der Waals surface area contributed by atoms with Gasteiger partial charge < -0.3 is 9.84 Å². The molecule has 5 unspecified atom stereocenters. The number of aliphatic hydroxyl groups is 1. The Bertz CT molecular complexity index is 1180. The van der Waals surface area contributed by atoms with Gasteiger partial charge in [-0.1, -0.05) is 43.3 Å². The average molecular weight is 493 g/mol. The van der Waals surface area contributed by atoms with E-state index in [2.05, 4.69) is 18.8 Å². The van der Waals surface area contributed by atoms with E-state index in [4.69, 9.17) is 9.73 Å². The van der Waals surface area contributed by atoms with E-state index in [-0.39, 0.29) is 46.6 Å². The number of carbonyl (C=O) groups is 2. The van der Waals surface area contributed by atoms with Crippen molar-refractivity contribution in [2.45, 2.75) is 69.2 Å². The summed E-state index contributed by atoms with van der Waals surface area (Å²) in [6.45, 7) is 6.17. The quantitative estimate of drug-likeness (QED) is 0.634. The van der Waals surface area contributed by atoms with E-state index in [0.29, 0.717) is 12.3 Å². The van der Waals surface area contributed by atoms with Crippen molar-refractivity contribution in [3.8, 4) is 0 Å². The summed E-state index contributed by atoms with van der Waals surface area (Å²) in [4.78, 5) is 35.4. The molecule has 35 heavy (non-hydrogen) atoms. The third-order valence-corrected chi connectivity index (χ3v) is 10.7. The van der Waals surface area contributed by atoms with Gasteiger partial charge in [0.15, 0.2) is 23.0 Å². The van der Waals surface area contributed by atoms with Crippen molar-refractivity contribution in [2.75, 3.05) is 5.75 Å². The molecule has 3 fully saturated rings. The van der Waals surface area contributed by atoms with Gasteiger partial charge >= 0.3 is 0 Å². The molecule has 0 saturated heterocycles. The molecule has 1 aliphatic heterocycles. The number of pyridine rings is 1. The molecule has 1 aromatic rings. The van der Waals surface area contributed by atoms with Gasteiger partial charge in [0, 0.05) is 29.9 Å². The van der Waals surface area contributed by atoms with Gasteiger partial charge in [0.25, 0.3) is 0 Å². The van der Waals surface area contributed by atoms with Crippen LogP contribution in [0.25, 0.3) is 0 Å². The Morgan fingerprint density at radius 1 is 1.31 bits per heavy atom. The van der Waals surface area contributed by atoms with Crippen molar-refractivity contribution in [3.05, 3.63) is 48.2 Å². The van der Waals surface area contributed by atoms with Gasteiger partial charge in [-0.3, -0.25) is 9.59 Å². The fourth-order valence-electron chi connectivity index (χ4n) is 8.37. The predicted molar refractivity (Wildman–Crippen MR) is 134 cm³/mol. The summed E-state index contributed by atoms with van der Waals surface area (Å²) in [5.41, 5.74) is -0.676. The number of fused-ring (bicyclic) bond motifs is 7. The highest BCUT2D eigenvalue weighted by atomic mass is 32.2. The average Bonchev–Trinajstić information content (AvgIpc) is 3.29. The lowest BCUT2D eigenvalue weighted by atomic mass is 9.46. The molecule has 0 radical (unpaired) electrons. The van der Waals surface area contributed by atoms with Crippen molar-refractivity contribution in [1.82, 2.24) is 4.98 Å². The van der Waals surface area contributed by atoms with Gasteiger partial charge in [-0.25, -0.2) is 9.98 Å². The summed E-state index contributed by atoms with van der Waals surface area (Å²) in [6, 6.07) is 5.70. The van der Waals surface area contributed by atoms with E-state index in [1.807, 2.05) is 31.2 Å². The van der Waals surface area contributed by atoms with Crippen LogP contribution in [0.4, 0.5) is 0 Å². The number of ketones is 2. The van der Waals surface area contributed by atoms with Crippen LogP contribution in [0.2, 0.25) is 0 Å². The normalized spacial score (nSPS) is 43.3. The molecule has 0 spiro atoms. The van der Waals surface area contributed by atoms with Gasteiger partial charge in [-0.05, 0) is 61.8 Å². The van der Waals surface area contributed by atoms with Crippen LogP contribution >= 0.6 is 11.8 Å². The SMILES string of the molecule is CC1=N[C@]2(C(=O)CSc3ccccn3)[C@@H](CC3C4CCC5=CC(=O)C=CC5(C)C4[C@@H](O)CC32C)O1. The highest BCUT2D eigenvalue weighted by Crippen LogP contribution is 2.69. The molecule has 0 aromatic carbocycles. The molecule has 6 nitrogen and oxygen atoms in total. The smallest absolute Gasteiger partial charge is 0.181 e. The monoisotopic (exact) mass is 492 g/mol. The zero-order valence-corrected chi connectivity index (χ0v) is 21.3. The highest BCUT2D eigenvalue weighted by molar-refractivity contribution is 7.99. The lowest BCUT2D eigenvalue weighted by molar-refractivity contribution is -0.141. The zero-order chi connectivity index (χ0) is 24.6. The molecular formula is C28H32N2O4S. The van der Waals surface area contributed by atoms with Crippen molar-refractivity contribution >= 4 is 29.2 Å². The fourth-order valence-corrected chi connectivity index (χ4v) is 9.18. The molecule has 4 aliphatic carbocycles. The lowest BCUT2D eigenvalue weighted by Gasteiger charge is -2.59. The van der Waals surface area contributed by atoms with Crippen LogP contribution in [-0.2, 0) is 14.3 Å². The van der Waals surface area contributed by atoms with Crippen LogP contribution in [0, 0.1) is 28.6 Å². The number of aliphatic imine (C=N–C) groups is 1. The Morgan fingerprint density at radius 2 is 2.14 bits per heavy atom. The van der Waals surface area contributed by atoms with Gasteiger partial charge in [-0.15, -0.1) is 0 Å². The number of nitrogens with zero attached hydrogens (tertiary/aromatic N) is 2. The van der Waals surface area contributed by atoms with Crippen LogP contribution in [0.15, 0.2) is 58.2 Å². The summed E-state index contributed by atoms with van der Waals surface area (Å²) < 4.78 is 6.23. The number of aromatic nitrogens is 1. The van der Waals surface area contributed by atoms with E-state index in [0.717, 1.165) is 29.9 Å². The van der Waals surface area contributed by atoms with Crippen LogP contribution in [0.5, 0.6) is 0 Å². The van der Waals surface area contributed by atoms with Gasteiger partial charge in [0.2, 0.25) is 0 Å². The maximum atomic E-state index is 14.0. The number of rotatable bonds is 4. The first-order valence-corrected chi connectivity index (χ1v) is 13.6. The Morgan fingerprint density at radius 3 is 2.91 bits per heavy atom. The molecule has 0 bridgehead atoms. The minimum atomic E-state index is -0.981. The number of thioether (sulfide) groups is 1. The zero-order valence-electron chi connectivity index (χ0n) is 20.4. The maximum absolute atomic E-state index is 14.0. The van der Waals surface area contributed by atoms with Crippen molar-refractivity contribution < 1.29 is 19.4 Å². The summed E-state index contributed by atoms with van der Waals surface area (Å²) in [5, 5.41) is 12.5. The number of allylic oxidation sites excluding steroid dienone is 4. The van der Waals surface area contributed by atoms with Crippen LogP contribution in [-0.4, -0.2) is 51.1 Å². The molecule has 8 atom stereocenters. The van der Waals surface area contributed by atoms with E-state index < -0.39 is 17.1 Å². The predicted octanol–water partition coefficient (Wildman–Crippen LogP) is 4.19. The molecule has 2 heterocycles. The van der Waals surface area contributed by atoms with Crippen LogP contribution in [0.1, 0.15) is 46.5 Å². The highest BCUT2D eigenvalue weighted by Gasteiger charge is 2.74. The van der Waals surface area contributed by atoms with Crippen molar-refractivity contribution in [2.24, 2.45) is 33.6 Å². The van der Waals surface area contributed by atoms with Gasteiger partial charge in [0.1, 0.15) is 6.10 Å². The molecule has 1 aromatic heterocycles. The second-order valence-corrected chi connectivity index (χ2v) is 12.3. The van der Waals surface area contributed by atoms with E-state index in [1.165, 1.54) is 11.8 Å². The van der Waals surface area contributed by atoms with E-state index >= 15 is 0 Å². The summed E-state index contributed by atoms with van der Waals surface area (Å²) in [7, 11) is 0. The van der Waals surface area contributed by atoms with Gasteiger partial charge in [0.05, 0.1) is 16.9 Å². The largest absolute Gasteiger partial charge is 0.475 e. The third-order valence-electron chi connectivity index (χ3n) is 9.75. The first kappa shape index (κ1) is 23.2. The fraction of sp³-hybridized carbons (Fsp3) is 0.571. The molecule has 3 saturated carbocycles. The molecule has 7 heteroatoms. The maximum Gasteiger partial charge on any atom is 0.181 e. The first-order valence-electron chi connectivity index (χ1n) is 12.6. The van der Waals surface area contributed by atoms with Crippen molar-refractivity contribution in [1.29, 1.82) is 0 Å². The second kappa shape index (κ2) is 7.87. The summed E-state index contributed by atoms with van der Waals surface area (Å²) in [6.07, 6.45) is 9.33. The summed E-state index contributed by atoms with van der Waals surface area (Å²) >= 11 is 1.44. The number of Topliss-reactive ketones (excluding diaryl/α,β-unsaturated/α-hetero) is 1. The van der Waals surface area contributed by atoms with Crippen LogP contribution in [0.3, 0.4) is 0 Å². The third kappa shape index (κ3) is 3.13.